The van der Waals surface area contributed by atoms with Crippen LogP contribution in [0, 0.1) is 5.82 Å². The molecule has 0 saturated heterocycles. The lowest BCUT2D eigenvalue weighted by atomic mass is 10.3. The maximum absolute atomic E-state index is 13.6. The van der Waals surface area contributed by atoms with Crippen molar-refractivity contribution in [3.05, 3.63) is 59.4 Å². The summed E-state index contributed by atoms with van der Waals surface area (Å²) in [5, 5.41) is 0.213. The third-order valence-electron chi connectivity index (χ3n) is 2.47. The molecular weight excluding hydrogens is 331 g/mol. The minimum Gasteiger partial charge on any atom is -0.425 e. The first-order valence-electron chi connectivity index (χ1n) is 5.85. The first kappa shape index (κ1) is 16.4. The van der Waals surface area contributed by atoms with Gasteiger partial charge in [-0.15, -0.1) is 0 Å². The van der Waals surface area contributed by atoms with Crippen molar-refractivity contribution >= 4 is 11.6 Å². The third kappa shape index (κ3) is 3.59. The van der Waals surface area contributed by atoms with Gasteiger partial charge in [-0.25, -0.2) is 4.39 Å². The van der Waals surface area contributed by atoms with Gasteiger partial charge in [0.05, 0.1) is 0 Å². The van der Waals surface area contributed by atoms with E-state index in [4.69, 9.17) is 11.6 Å². The molecule has 0 atom stereocenters. The second-order valence-electron chi connectivity index (χ2n) is 4.12. The van der Waals surface area contributed by atoms with E-state index >= 15 is 0 Å². The summed E-state index contributed by atoms with van der Waals surface area (Å²) in [4.78, 5) is 0. The van der Waals surface area contributed by atoms with Crippen LogP contribution in [0.5, 0.6) is 11.5 Å². The molecule has 0 spiro atoms. The van der Waals surface area contributed by atoms with Gasteiger partial charge in [-0.3, -0.25) is 0 Å². The quantitative estimate of drug-likeness (QED) is 0.704. The van der Waals surface area contributed by atoms with E-state index in [9.17, 15) is 22.0 Å². The fourth-order valence-electron chi connectivity index (χ4n) is 1.44. The number of rotatable bonds is 5. The van der Waals surface area contributed by atoms with Gasteiger partial charge in [0.1, 0.15) is 5.75 Å². The smallest absolute Gasteiger partial charge is 0.425 e. The molecule has 0 fully saturated rings. The maximum atomic E-state index is 13.6. The Balaban J connectivity index is 2.19. The predicted octanol–water partition coefficient (Wildman–Crippen LogP) is 5.12. The highest BCUT2D eigenvalue weighted by atomic mass is 35.5. The van der Waals surface area contributed by atoms with Gasteiger partial charge < -0.3 is 9.47 Å². The zero-order valence-corrected chi connectivity index (χ0v) is 11.5. The molecule has 0 bridgehead atoms. The average molecular weight is 339 g/mol. The Morgan fingerprint density at radius 2 is 1.32 bits per heavy atom. The summed E-state index contributed by atoms with van der Waals surface area (Å²) in [6.07, 6.45) is -10.1. The van der Waals surface area contributed by atoms with Crippen LogP contribution in [-0.2, 0) is 0 Å². The highest BCUT2D eigenvalue weighted by Crippen LogP contribution is 2.38. The van der Waals surface area contributed by atoms with Crippen molar-refractivity contribution in [2.75, 3.05) is 0 Å². The highest BCUT2D eigenvalue weighted by molar-refractivity contribution is 6.30. The Kier molecular flexibility index (Phi) is 4.46. The molecule has 0 aliphatic heterocycles. The summed E-state index contributed by atoms with van der Waals surface area (Å²) >= 11 is 5.54. The van der Waals surface area contributed by atoms with Crippen molar-refractivity contribution in [2.45, 2.75) is 12.2 Å². The van der Waals surface area contributed by atoms with Gasteiger partial charge in [-0.05, 0) is 36.4 Å². The van der Waals surface area contributed by atoms with Crippen LogP contribution in [0.1, 0.15) is 0 Å². The summed E-state index contributed by atoms with van der Waals surface area (Å²) in [5.41, 5.74) is 0. The zero-order valence-electron chi connectivity index (χ0n) is 10.7. The standard InChI is InChI=1S/C14H8ClF5O2/c15-9-5-7-10(8-6-9)21-13(17,18)14(19,20)22-12-4-2-1-3-11(12)16/h1-8H. The average Bonchev–Trinajstić information content (AvgIpc) is 2.43. The summed E-state index contributed by atoms with van der Waals surface area (Å²) in [6, 6.07) is 8.27. The Labute approximate surface area is 127 Å². The Bertz CT molecular complexity index is 646. The first-order valence-corrected chi connectivity index (χ1v) is 6.23. The lowest BCUT2D eigenvalue weighted by molar-refractivity contribution is -0.380. The van der Waals surface area contributed by atoms with Crippen LogP contribution >= 0.6 is 11.6 Å². The van der Waals surface area contributed by atoms with E-state index in [1.165, 1.54) is 18.2 Å². The highest BCUT2D eigenvalue weighted by Gasteiger charge is 2.63. The van der Waals surface area contributed by atoms with Crippen molar-refractivity contribution in [2.24, 2.45) is 0 Å². The van der Waals surface area contributed by atoms with Crippen LogP contribution in [0.25, 0.3) is 0 Å². The normalized spacial score (nSPS) is 12.1. The second-order valence-corrected chi connectivity index (χ2v) is 4.56. The monoisotopic (exact) mass is 338 g/mol. The minimum atomic E-state index is -5.09. The van der Waals surface area contributed by atoms with Crippen molar-refractivity contribution in [3.63, 3.8) is 0 Å². The number of hydrogen-bond donors (Lipinski definition) is 0. The third-order valence-corrected chi connectivity index (χ3v) is 2.73. The predicted molar refractivity (Wildman–Crippen MR) is 69.0 cm³/mol. The molecule has 2 aromatic rings. The van der Waals surface area contributed by atoms with Gasteiger partial charge in [0.2, 0.25) is 0 Å². The Morgan fingerprint density at radius 3 is 1.91 bits per heavy atom. The van der Waals surface area contributed by atoms with Crippen LogP contribution < -0.4 is 9.47 Å². The lowest BCUT2D eigenvalue weighted by Crippen LogP contribution is -2.49. The molecule has 2 nitrogen and oxygen atoms in total. The topological polar surface area (TPSA) is 18.5 Å². The molecule has 0 heterocycles. The van der Waals surface area contributed by atoms with Crippen molar-refractivity contribution < 1.29 is 31.4 Å². The van der Waals surface area contributed by atoms with Crippen molar-refractivity contribution in [3.8, 4) is 11.5 Å². The van der Waals surface area contributed by atoms with E-state index in [-0.39, 0.29) is 5.02 Å². The van der Waals surface area contributed by atoms with Crippen LogP contribution in [0.2, 0.25) is 5.02 Å². The van der Waals surface area contributed by atoms with E-state index < -0.39 is 29.5 Å². The molecule has 2 aromatic carbocycles. The molecule has 22 heavy (non-hydrogen) atoms. The molecule has 0 aliphatic rings. The molecule has 2 rings (SSSR count). The molecule has 8 heteroatoms. The number of alkyl halides is 4. The SMILES string of the molecule is Fc1ccccc1OC(F)(F)C(F)(F)Oc1ccc(Cl)cc1. The summed E-state index contributed by atoms with van der Waals surface area (Å²) in [6.45, 7) is 0. The van der Waals surface area contributed by atoms with Gasteiger partial charge in [-0.1, -0.05) is 23.7 Å². The summed E-state index contributed by atoms with van der Waals surface area (Å²) < 4.78 is 75.1. The zero-order chi connectivity index (χ0) is 16.4. The molecule has 0 aliphatic carbocycles. The van der Waals surface area contributed by atoms with Gasteiger partial charge in [0.25, 0.3) is 0 Å². The molecule has 0 unspecified atom stereocenters. The molecule has 0 N–H and O–H groups in total. The number of ether oxygens (including phenoxy) is 2. The number of benzene rings is 2. The molecule has 0 saturated carbocycles. The summed E-state index contributed by atoms with van der Waals surface area (Å²) in [5.74, 6) is -2.78. The minimum absolute atomic E-state index is 0.213. The molecule has 0 amide bonds. The van der Waals surface area contributed by atoms with E-state index in [0.29, 0.717) is 0 Å². The van der Waals surface area contributed by atoms with Crippen LogP contribution in [-0.4, -0.2) is 12.2 Å². The van der Waals surface area contributed by atoms with E-state index in [1.807, 2.05) is 0 Å². The van der Waals surface area contributed by atoms with E-state index in [1.54, 1.807) is 0 Å². The molecule has 0 aromatic heterocycles. The van der Waals surface area contributed by atoms with E-state index in [0.717, 1.165) is 30.3 Å². The number of para-hydroxylation sites is 1. The van der Waals surface area contributed by atoms with Crippen LogP contribution in [0.15, 0.2) is 48.5 Å². The van der Waals surface area contributed by atoms with Gasteiger partial charge in [-0.2, -0.15) is 17.6 Å². The maximum Gasteiger partial charge on any atom is 0.507 e. The van der Waals surface area contributed by atoms with Gasteiger partial charge in [0, 0.05) is 5.02 Å². The van der Waals surface area contributed by atoms with Gasteiger partial charge >= 0.3 is 12.2 Å². The fourth-order valence-corrected chi connectivity index (χ4v) is 1.56. The van der Waals surface area contributed by atoms with Gasteiger partial charge in [0.15, 0.2) is 11.6 Å². The largest absolute Gasteiger partial charge is 0.507 e. The second kappa shape index (κ2) is 6.00. The first-order chi connectivity index (χ1) is 10.2. The van der Waals surface area contributed by atoms with E-state index in [2.05, 4.69) is 9.47 Å². The fraction of sp³-hybridized carbons (Fsp3) is 0.143. The van der Waals surface area contributed by atoms with Crippen LogP contribution in [0.4, 0.5) is 22.0 Å². The number of hydrogen-bond acceptors (Lipinski definition) is 2. The van der Waals surface area contributed by atoms with Crippen molar-refractivity contribution in [1.29, 1.82) is 0 Å². The Morgan fingerprint density at radius 1 is 0.773 bits per heavy atom. The summed E-state index contributed by atoms with van der Waals surface area (Å²) in [7, 11) is 0. The molecule has 118 valence electrons. The number of halogens is 6. The molecular formula is C14H8ClF5O2. The Hall–Kier alpha value is -2.02. The lowest BCUT2D eigenvalue weighted by Gasteiger charge is -2.26. The van der Waals surface area contributed by atoms with Crippen molar-refractivity contribution in [1.82, 2.24) is 0 Å². The molecule has 0 radical (unpaired) electrons. The van der Waals surface area contributed by atoms with Crippen LogP contribution in [0.3, 0.4) is 0 Å².